The lowest BCUT2D eigenvalue weighted by Gasteiger charge is -2.27. The fourth-order valence-corrected chi connectivity index (χ4v) is 3.56. The molecule has 114 valence electrons. The second kappa shape index (κ2) is 5.82. The highest BCUT2D eigenvalue weighted by Gasteiger charge is 2.35. The highest BCUT2D eigenvalue weighted by Crippen LogP contribution is 2.37. The fraction of sp³-hybridized carbons (Fsp3) is 0.556. The van der Waals surface area contributed by atoms with Crippen LogP contribution in [0.5, 0.6) is 0 Å². The Kier molecular flexibility index (Phi) is 4.05. The number of rotatable bonds is 5. The van der Waals surface area contributed by atoms with Crippen LogP contribution in [-0.2, 0) is 0 Å². The molecule has 2 aromatic rings. The normalized spacial score (nSPS) is 20.1. The van der Waals surface area contributed by atoms with Gasteiger partial charge in [-0.25, -0.2) is 0 Å². The van der Waals surface area contributed by atoms with E-state index in [0.29, 0.717) is 5.41 Å². The number of fused-ring (bicyclic) bond motifs is 1. The number of benzene rings is 1. The third-order valence-corrected chi connectivity index (χ3v) is 5.28. The zero-order chi connectivity index (χ0) is 14.9. The van der Waals surface area contributed by atoms with Crippen LogP contribution in [0.3, 0.4) is 0 Å². The Balaban J connectivity index is 1.68. The van der Waals surface area contributed by atoms with Gasteiger partial charge in [0.15, 0.2) is 0 Å². The number of nitrogens with zero attached hydrogens (tertiary/aromatic N) is 1. The molecule has 1 atom stereocenters. The molecule has 0 amide bonds. The van der Waals surface area contributed by atoms with Crippen LogP contribution in [0.1, 0.15) is 44.9 Å². The van der Waals surface area contributed by atoms with Gasteiger partial charge >= 0.3 is 0 Å². The van der Waals surface area contributed by atoms with Gasteiger partial charge in [0.05, 0.1) is 6.04 Å². The average Bonchev–Trinajstić information content (AvgIpc) is 3.11. The number of furan rings is 1. The fourth-order valence-electron chi connectivity index (χ4n) is 3.56. The van der Waals surface area contributed by atoms with Crippen molar-refractivity contribution in [3.63, 3.8) is 0 Å². The lowest BCUT2D eigenvalue weighted by molar-refractivity contribution is 0.228. The molecule has 1 aliphatic heterocycles. The zero-order valence-electron chi connectivity index (χ0n) is 13.1. The molecule has 0 saturated carbocycles. The van der Waals surface area contributed by atoms with Crippen molar-refractivity contribution in [3.8, 4) is 0 Å². The second-order valence-corrected chi connectivity index (χ2v) is 6.49. The molecule has 1 aromatic heterocycles. The third-order valence-electron chi connectivity index (χ3n) is 5.28. The first-order chi connectivity index (χ1) is 10.2. The molecular weight excluding hydrogens is 260 g/mol. The minimum atomic E-state index is -0.0399. The van der Waals surface area contributed by atoms with Gasteiger partial charge in [0.2, 0.25) is 0 Å². The standard InChI is InChI=1S/C18H26N2O/c1-3-18(4-2)9-10-20(13-18)12-15(19)17-11-14-7-5-6-8-16(14)21-17/h5-8,11,15H,3-4,9-10,12-13,19H2,1-2H3. The van der Waals surface area contributed by atoms with Gasteiger partial charge in [-0.05, 0) is 43.4 Å². The molecule has 3 nitrogen and oxygen atoms in total. The lowest BCUT2D eigenvalue weighted by atomic mass is 9.82. The van der Waals surface area contributed by atoms with Crippen LogP contribution in [0.25, 0.3) is 11.0 Å². The van der Waals surface area contributed by atoms with E-state index in [2.05, 4.69) is 30.9 Å². The summed E-state index contributed by atoms with van der Waals surface area (Å²) in [5, 5.41) is 1.14. The summed E-state index contributed by atoms with van der Waals surface area (Å²) in [4.78, 5) is 2.50. The largest absolute Gasteiger partial charge is 0.459 e. The Bertz CT molecular complexity index is 567. The minimum absolute atomic E-state index is 0.0399. The Labute approximate surface area is 127 Å². The molecule has 1 saturated heterocycles. The summed E-state index contributed by atoms with van der Waals surface area (Å²) in [6.07, 6.45) is 3.83. The van der Waals surface area contributed by atoms with E-state index in [1.54, 1.807) is 0 Å². The number of hydrogen-bond donors (Lipinski definition) is 1. The summed E-state index contributed by atoms with van der Waals surface area (Å²) in [5.41, 5.74) is 7.81. The van der Waals surface area contributed by atoms with Crippen molar-refractivity contribution in [2.24, 2.45) is 11.1 Å². The van der Waals surface area contributed by atoms with Gasteiger partial charge < -0.3 is 15.1 Å². The molecule has 1 aromatic carbocycles. The maximum absolute atomic E-state index is 6.37. The molecule has 0 aliphatic carbocycles. The predicted octanol–water partition coefficient (Wildman–Crippen LogP) is 3.94. The topological polar surface area (TPSA) is 42.4 Å². The van der Waals surface area contributed by atoms with E-state index >= 15 is 0 Å². The van der Waals surface area contributed by atoms with Crippen molar-refractivity contribution in [2.45, 2.75) is 39.2 Å². The maximum Gasteiger partial charge on any atom is 0.134 e. The van der Waals surface area contributed by atoms with E-state index in [4.69, 9.17) is 10.2 Å². The SMILES string of the molecule is CCC1(CC)CCN(CC(N)c2cc3ccccc3o2)C1. The second-order valence-electron chi connectivity index (χ2n) is 6.49. The van der Waals surface area contributed by atoms with Crippen LogP contribution >= 0.6 is 0 Å². The molecule has 0 spiro atoms. The van der Waals surface area contributed by atoms with Crippen molar-refractivity contribution < 1.29 is 4.42 Å². The number of likely N-dealkylation sites (tertiary alicyclic amines) is 1. The Morgan fingerprint density at radius 2 is 2.05 bits per heavy atom. The maximum atomic E-state index is 6.37. The highest BCUT2D eigenvalue weighted by molar-refractivity contribution is 5.77. The first kappa shape index (κ1) is 14.6. The van der Waals surface area contributed by atoms with E-state index in [9.17, 15) is 0 Å². The number of para-hydroxylation sites is 1. The molecule has 2 heterocycles. The predicted molar refractivity (Wildman–Crippen MR) is 87.2 cm³/mol. The van der Waals surface area contributed by atoms with Crippen LogP contribution in [0.4, 0.5) is 0 Å². The van der Waals surface area contributed by atoms with E-state index in [1.807, 2.05) is 18.2 Å². The van der Waals surface area contributed by atoms with Crippen molar-refractivity contribution in [1.29, 1.82) is 0 Å². The summed E-state index contributed by atoms with van der Waals surface area (Å²) in [7, 11) is 0. The summed E-state index contributed by atoms with van der Waals surface area (Å²) in [5.74, 6) is 0.904. The summed E-state index contributed by atoms with van der Waals surface area (Å²) >= 11 is 0. The van der Waals surface area contributed by atoms with Gasteiger partial charge in [-0.2, -0.15) is 0 Å². The molecule has 1 fully saturated rings. The molecule has 0 bridgehead atoms. The van der Waals surface area contributed by atoms with E-state index in [1.165, 1.54) is 25.8 Å². The summed E-state index contributed by atoms with van der Waals surface area (Å²) in [6, 6.07) is 10.2. The van der Waals surface area contributed by atoms with Crippen molar-refractivity contribution >= 4 is 11.0 Å². The first-order valence-electron chi connectivity index (χ1n) is 8.12. The van der Waals surface area contributed by atoms with Gasteiger partial charge in [-0.3, -0.25) is 0 Å². The summed E-state index contributed by atoms with van der Waals surface area (Å²) < 4.78 is 5.89. The van der Waals surface area contributed by atoms with Crippen LogP contribution in [-0.4, -0.2) is 24.5 Å². The molecule has 0 radical (unpaired) electrons. The lowest BCUT2D eigenvalue weighted by Crippen LogP contribution is -2.32. The molecule has 3 rings (SSSR count). The van der Waals surface area contributed by atoms with Crippen molar-refractivity contribution in [3.05, 3.63) is 36.1 Å². The van der Waals surface area contributed by atoms with Crippen molar-refractivity contribution in [2.75, 3.05) is 19.6 Å². The minimum Gasteiger partial charge on any atom is -0.459 e. The monoisotopic (exact) mass is 286 g/mol. The Morgan fingerprint density at radius 1 is 1.29 bits per heavy atom. The van der Waals surface area contributed by atoms with Gasteiger partial charge in [0, 0.05) is 18.5 Å². The Morgan fingerprint density at radius 3 is 2.71 bits per heavy atom. The average molecular weight is 286 g/mol. The molecule has 1 unspecified atom stereocenters. The van der Waals surface area contributed by atoms with Gasteiger partial charge in [0.1, 0.15) is 11.3 Å². The van der Waals surface area contributed by atoms with Crippen molar-refractivity contribution in [1.82, 2.24) is 4.90 Å². The quantitative estimate of drug-likeness (QED) is 0.905. The van der Waals surface area contributed by atoms with Crippen LogP contribution in [0.2, 0.25) is 0 Å². The molecule has 21 heavy (non-hydrogen) atoms. The van der Waals surface area contributed by atoms with E-state index < -0.39 is 0 Å². The molecule has 1 aliphatic rings. The van der Waals surface area contributed by atoms with Gasteiger partial charge in [-0.15, -0.1) is 0 Å². The summed E-state index contributed by atoms with van der Waals surface area (Å²) in [6.45, 7) is 7.85. The highest BCUT2D eigenvalue weighted by atomic mass is 16.3. The zero-order valence-corrected chi connectivity index (χ0v) is 13.1. The van der Waals surface area contributed by atoms with Gasteiger partial charge in [0.25, 0.3) is 0 Å². The molecule has 2 N–H and O–H groups in total. The van der Waals surface area contributed by atoms with Crippen LogP contribution in [0.15, 0.2) is 34.7 Å². The number of hydrogen-bond acceptors (Lipinski definition) is 3. The van der Waals surface area contributed by atoms with E-state index in [-0.39, 0.29) is 6.04 Å². The van der Waals surface area contributed by atoms with E-state index in [0.717, 1.165) is 29.8 Å². The molecular formula is C18H26N2O. The Hall–Kier alpha value is -1.32. The van der Waals surface area contributed by atoms with Gasteiger partial charge in [-0.1, -0.05) is 32.0 Å². The first-order valence-corrected chi connectivity index (χ1v) is 8.12. The van der Waals surface area contributed by atoms with Crippen LogP contribution in [0, 0.1) is 5.41 Å². The number of nitrogens with two attached hydrogens (primary N) is 1. The third kappa shape index (κ3) is 2.85. The van der Waals surface area contributed by atoms with Crippen LogP contribution < -0.4 is 5.73 Å². The molecule has 3 heteroatoms. The smallest absolute Gasteiger partial charge is 0.134 e.